The molecule has 2 rings (SSSR count). The van der Waals surface area contributed by atoms with Crippen LogP contribution in [0.3, 0.4) is 0 Å². The van der Waals surface area contributed by atoms with Gasteiger partial charge in [0.2, 0.25) is 0 Å². The Kier molecular flexibility index (Phi) is 2.28. The quantitative estimate of drug-likeness (QED) is 0.739. The zero-order valence-electron chi connectivity index (χ0n) is 6.24. The van der Waals surface area contributed by atoms with Gasteiger partial charge in [-0.1, -0.05) is 0 Å². The summed E-state index contributed by atoms with van der Waals surface area (Å²) in [6, 6.07) is 3.59. The average Bonchev–Trinajstić information content (AvgIpc) is 2.53. The SMILES string of the molecule is Clc1noc(-c2ccc(Br)nc2)n1. The third kappa shape index (κ3) is 1.87. The monoisotopic (exact) mass is 259 g/mol. The predicted octanol–water partition coefficient (Wildman–Crippen LogP) is 2.55. The highest BCUT2D eigenvalue weighted by Gasteiger charge is 2.06. The number of pyridine rings is 1. The Labute approximate surface area is 87.1 Å². The van der Waals surface area contributed by atoms with E-state index in [1.54, 1.807) is 18.3 Å². The maximum Gasteiger partial charge on any atom is 0.264 e. The van der Waals surface area contributed by atoms with Crippen molar-refractivity contribution in [3.63, 3.8) is 0 Å². The summed E-state index contributed by atoms with van der Waals surface area (Å²) in [7, 11) is 0. The van der Waals surface area contributed by atoms with E-state index in [4.69, 9.17) is 16.1 Å². The molecule has 4 nitrogen and oxygen atoms in total. The van der Waals surface area contributed by atoms with Crippen LogP contribution < -0.4 is 0 Å². The maximum atomic E-state index is 5.50. The van der Waals surface area contributed by atoms with Crippen molar-refractivity contribution in [3.05, 3.63) is 28.2 Å². The second-order valence-corrected chi connectivity index (χ2v) is 3.39. The Bertz CT molecular complexity index is 414. The molecule has 0 atom stereocenters. The second-order valence-electron chi connectivity index (χ2n) is 2.24. The summed E-state index contributed by atoms with van der Waals surface area (Å²) in [5.74, 6) is 0.366. The fraction of sp³-hybridized carbons (Fsp3) is 0. The van der Waals surface area contributed by atoms with Gasteiger partial charge in [0.25, 0.3) is 11.2 Å². The van der Waals surface area contributed by atoms with Gasteiger partial charge in [0.05, 0.1) is 5.56 Å². The molecule has 2 aromatic heterocycles. The van der Waals surface area contributed by atoms with Crippen LogP contribution in [-0.4, -0.2) is 15.1 Å². The van der Waals surface area contributed by atoms with Crippen LogP contribution in [0, 0.1) is 0 Å². The summed E-state index contributed by atoms with van der Waals surface area (Å²) < 4.78 is 5.59. The van der Waals surface area contributed by atoms with Gasteiger partial charge in [-0.2, -0.15) is 4.98 Å². The molecule has 0 amide bonds. The molecular weight excluding hydrogens is 257 g/mol. The van der Waals surface area contributed by atoms with E-state index in [1.807, 2.05) is 0 Å². The van der Waals surface area contributed by atoms with Crippen LogP contribution in [0.5, 0.6) is 0 Å². The van der Waals surface area contributed by atoms with E-state index in [9.17, 15) is 0 Å². The third-order valence-corrected chi connectivity index (χ3v) is 2.00. The van der Waals surface area contributed by atoms with Crippen molar-refractivity contribution in [2.75, 3.05) is 0 Å². The molecule has 0 aliphatic carbocycles. The zero-order valence-corrected chi connectivity index (χ0v) is 8.58. The number of rotatable bonds is 1. The largest absolute Gasteiger partial charge is 0.333 e. The molecule has 66 valence electrons. The molecule has 6 heteroatoms. The van der Waals surface area contributed by atoms with Crippen LogP contribution in [-0.2, 0) is 0 Å². The minimum absolute atomic E-state index is 0.0953. The number of hydrogen-bond donors (Lipinski definition) is 0. The van der Waals surface area contributed by atoms with Crippen LogP contribution in [0.2, 0.25) is 5.28 Å². The minimum atomic E-state index is 0.0953. The zero-order chi connectivity index (χ0) is 9.26. The van der Waals surface area contributed by atoms with Gasteiger partial charge >= 0.3 is 0 Å². The van der Waals surface area contributed by atoms with Crippen molar-refractivity contribution in [1.82, 2.24) is 15.1 Å². The Hall–Kier alpha value is -0.940. The number of aromatic nitrogens is 3. The molecule has 2 heterocycles. The van der Waals surface area contributed by atoms with Crippen LogP contribution in [0.25, 0.3) is 11.5 Å². The van der Waals surface area contributed by atoms with E-state index < -0.39 is 0 Å². The highest BCUT2D eigenvalue weighted by atomic mass is 79.9. The highest BCUT2D eigenvalue weighted by molar-refractivity contribution is 9.10. The first-order valence-electron chi connectivity index (χ1n) is 3.37. The second kappa shape index (κ2) is 3.43. The van der Waals surface area contributed by atoms with Gasteiger partial charge in [0.1, 0.15) is 4.60 Å². The first-order valence-corrected chi connectivity index (χ1v) is 4.54. The molecule has 0 saturated heterocycles. The lowest BCUT2D eigenvalue weighted by Gasteiger charge is -1.91. The first-order chi connectivity index (χ1) is 6.25. The van der Waals surface area contributed by atoms with Crippen molar-refractivity contribution < 1.29 is 4.52 Å². The van der Waals surface area contributed by atoms with Gasteiger partial charge in [-0.3, -0.25) is 0 Å². The van der Waals surface area contributed by atoms with Crippen molar-refractivity contribution in [3.8, 4) is 11.5 Å². The molecule has 0 radical (unpaired) electrons. The fourth-order valence-corrected chi connectivity index (χ4v) is 1.17. The van der Waals surface area contributed by atoms with Crippen LogP contribution in [0.1, 0.15) is 0 Å². The molecule has 0 bridgehead atoms. The normalized spacial score (nSPS) is 10.3. The lowest BCUT2D eigenvalue weighted by atomic mass is 10.3. The Morgan fingerprint density at radius 2 is 2.23 bits per heavy atom. The van der Waals surface area contributed by atoms with Crippen molar-refractivity contribution in [1.29, 1.82) is 0 Å². The van der Waals surface area contributed by atoms with Gasteiger partial charge < -0.3 is 4.52 Å². The van der Waals surface area contributed by atoms with E-state index in [-0.39, 0.29) is 5.28 Å². The summed E-state index contributed by atoms with van der Waals surface area (Å²) in [6.07, 6.45) is 1.62. The molecular formula is C7H3BrClN3O. The average molecular weight is 260 g/mol. The van der Waals surface area contributed by atoms with Gasteiger partial charge in [0.15, 0.2) is 0 Å². The molecule has 0 saturated carbocycles. The molecule has 0 spiro atoms. The number of nitrogens with zero attached hydrogens (tertiary/aromatic N) is 3. The third-order valence-electron chi connectivity index (χ3n) is 1.38. The van der Waals surface area contributed by atoms with E-state index in [0.29, 0.717) is 5.89 Å². The molecule has 13 heavy (non-hydrogen) atoms. The molecule has 0 aliphatic heterocycles. The molecule has 2 aromatic rings. The van der Waals surface area contributed by atoms with Gasteiger partial charge in [0, 0.05) is 6.20 Å². The Balaban J connectivity index is 2.41. The van der Waals surface area contributed by atoms with Crippen molar-refractivity contribution in [2.24, 2.45) is 0 Å². The van der Waals surface area contributed by atoms with E-state index >= 15 is 0 Å². The lowest BCUT2D eigenvalue weighted by Crippen LogP contribution is -1.79. The fourth-order valence-electron chi connectivity index (χ4n) is 0.825. The standard InChI is InChI=1S/C7H3BrClN3O/c8-5-2-1-4(3-10-5)6-11-7(9)12-13-6/h1-3H. The minimum Gasteiger partial charge on any atom is -0.333 e. The topological polar surface area (TPSA) is 51.8 Å². The van der Waals surface area contributed by atoms with E-state index in [1.165, 1.54) is 0 Å². The van der Waals surface area contributed by atoms with E-state index in [0.717, 1.165) is 10.2 Å². The van der Waals surface area contributed by atoms with Crippen LogP contribution in [0.4, 0.5) is 0 Å². The van der Waals surface area contributed by atoms with Gasteiger partial charge in [-0.15, -0.1) is 0 Å². The number of halogens is 2. The summed E-state index contributed by atoms with van der Waals surface area (Å²) >= 11 is 8.72. The predicted molar refractivity (Wildman–Crippen MR) is 50.2 cm³/mol. The summed E-state index contributed by atoms with van der Waals surface area (Å²) in [4.78, 5) is 7.85. The van der Waals surface area contributed by atoms with Gasteiger partial charge in [-0.25, -0.2) is 4.98 Å². The Morgan fingerprint density at radius 1 is 1.38 bits per heavy atom. The first kappa shape index (κ1) is 8.65. The maximum absolute atomic E-state index is 5.50. The van der Waals surface area contributed by atoms with Gasteiger partial charge in [-0.05, 0) is 44.8 Å². The molecule has 0 fully saturated rings. The Morgan fingerprint density at radius 3 is 2.77 bits per heavy atom. The summed E-state index contributed by atoms with van der Waals surface area (Å²) in [5, 5.41) is 3.55. The number of hydrogen-bond acceptors (Lipinski definition) is 4. The molecule has 0 unspecified atom stereocenters. The summed E-state index contributed by atoms with van der Waals surface area (Å²) in [5.41, 5.74) is 0.739. The molecule has 0 N–H and O–H groups in total. The van der Waals surface area contributed by atoms with Crippen molar-refractivity contribution in [2.45, 2.75) is 0 Å². The molecule has 0 aliphatic rings. The van der Waals surface area contributed by atoms with Crippen molar-refractivity contribution >= 4 is 27.5 Å². The van der Waals surface area contributed by atoms with Crippen LogP contribution in [0.15, 0.2) is 27.5 Å². The summed E-state index contributed by atoms with van der Waals surface area (Å²) in [6.45, 7) is 0. The van der Waals surface area contributed by atoms with Crippen LogP contribution >= 0.6 is 27.5 Å². The molecule has 0 aromatic carbocycles. The highest BCUT2D eigenvalue weighted by Crippen LogP contribution is 2.18. The van der Waals surface area contributed by atoms with E-state index in [2.05, 4.69) is 31.1 Å². The smallest absolute Gasteiger partial charge is 0.264 e. The lowest BCUT2D eigenvalue weighted by molar-refractivity contribution is 0.430.